The lowest BCUT2D eigenvalue weighted by atomic mass is 10.2. The van der Waals surface area contributed by atoms with Gasteiger partial charge in [-0.25, -0.2) is 5.43 Å². The number of amides is 1. The van der Waals surface area contributed by atoms with E-state index in [0.29, 0.717) is 41.0 Å². The summed E-state index contributed by atoms with van der Waals surface area (Å²) >= 11 is 6.19. The van der Waals surface area contributed by atoms with Gasteiger partial charge in [0.2, 0.25) is 0 Å². The van der Waals surface area contributed by atoms with Gasteiger partial charge >= 0.3 is 0 Å². The van der Waals surface area contributed by atoms with Crippen molar-refractivity contribution in [3.63, 3.8) is 0 Å². The Morgan fingerprint density at radius 1 is 1.00 bits per heavy atom. The number of carbonyl (C=O) groups is 1. The van der Waals surface area contributed by atoms with Gasteiger partial charge in [0, 0.05) is 21.7 Å². The largest absolute Gasteiger partial charge is 0.493 e. The minimum Gasteiger partial charge on any atom is -0.493 e. The number of rotatable bonds is 9. The number of para-hydroxylation sites is 1. The highest BCUT2D eigenvalue weighted by atomic mass is 35.5. The van der Waals surface area contributed by atoms with E-state index in [-0.39, 0.29) is 5.91 Å². The smallest absolute Gasteiger partial charge is 0.271 e. The number of hydrazone groups is 1. The highest BCUT2D eigenvalue weighted by Crippen LogP contribution is 2.28. The highest BCUT2D eigenvalue weighted by Gasteiger charge is 2.11. The van der Waals surface area contributed by atoms with E-state index < -0.39 is 0 Å². The Hall–Kier alpha value is -3.51. The van der Waals surface area contributed by atoms with Crippen LogP contribution in [0.3, 0.4) is 0 Å². The molecular formula is C24H23ClN2O4. The quantitative estimate of drug-likeness (QED) is 0.373. The first-order valence-electron chi connectivity index (χ1n) is 9.71. The number of ether oxygens (including phenoxy) is 3. The van der Waals surface area contributed by atoms with E-state index in [2.05, 4.69) is 10.5 Å². The lowest BCUT2D eigenvalue weighted by molar-refractivity contribution is 0.0954. The number of nitrogens with zero attached hydrogens (tertiary/aromatic N) is 1. The molecule has 0 aliphatic rings. The van der Waals surface area contributed by atoms with E-state index in [1.54, 1.807) is 25.3 Å². The zero-order valence-electron chi connectivity index (χ0n) is 17.3. The van der Waals surface area contributed by atoms with Gasteiger partial charge in [-0.3, -0.25) is 4.79 Å². The molecule has 0 saturated carbocycles. The number of benzene rings is 3. The van der Waals surface area contributed by atoms with E-state index in [1.165, 1.54) is 6.21 Å². The lowest BCUT2D eigenvalue weighted by Gasteiger charge is -2.11. The van der Waals surface area contributed by atoms with Crippen LogP contribution in [-0.4, -0.2) is 25.8 Å². The van der Waals surface area contributed by atoms with Crippen molar-refractivity contribution in [2.24, 2.45) is 5.10 Å². The fraction of sp³-hybridized carbons (Fsp3) is 0.167. The maximum absolute atomic E-state index is 12.5. The van der Waals surface area contributed by atoms with E-state index >= 15 is 0 Å². The Labute approximate surface area is 186 Å². The van der Waals surface area contributed by atoms with Crippen molar-refractivity contribution < 1.29 is 19.0 Å². The molecule has 3 aromatic carbocycles. The summed E-state index contributed by atoms with van der Waals surface area (Å²) in [5.74, 6) is 1.32. The molecule has 0 heterocycles. The molecule has 0 spiro atoms. The van der Waals surface area contributed by atoms with Crippen molar-refractivity contribution in [2.45, 2.75) is 13.5 Å². The van der Waals surface area contributed by atoms with Gasteiger partial charge in [0.1, 0.15) is 12.4 Å². The highest BCUT2D eigenvalue weighted by molar-refractivity contribution is 6.31. The minimum atomic E-state index is -0.366. The average Bonchev–Trinajstić information content (AvgIpc) is 2.79. The summed E-state index contributed by atoms with van der Waals surface area (Å²) in [6, 6.07) is 19.9. The monoisotopic (exact) mass is 438 g/mol. The average molecular weight is 439 g/mol. The van der Waals surface area contributed by atoms with Crippen LogP contribution in [0.15, 0.2) is 71.8 Å². The molecule has 0 atom stereocenters. The van der Waals surface area contributed by atoms with E-state index in [4.69, 9.17) is 25.8 Å². The molecule has 0 aliphatic heterocycles. The first kappa shape index (κ1) is 22.2. The van der Waals surface area contributed by atoms with Crippen LogP contribution in [0, 0.1) is 0 Å². The van der Waals surface area contributed by atoms with E-state index in [0.717, 1.165) is 11.1 Å². The first-order chi connectivity index (χ1) is 15.1. The molecule has 160 valence electrons. The van der Waals surface area contributed by atoms with Gasteiger partial charge in [0.25, 0.3) is 5.91 Å². The molecule has 3 rings (SSSR count). The summed E-state index contributed by atoms with van der Waals surface area (Å²) < 4.78 is 16.6. The van der Waals surface area contributed by atoms with Crippen molar-refractivity contribution in [3.05, 3.63) is 88.4 Å². The van der Waals surface area contributed by atoms with Crippen LogP contribution in [0.2, 0.25) is 5.02 Å². The summed E-state index contributed by atoms with van der Waals surface area (Å²) in [5.41, 5.74) is 4.53. The number of hydrogen-bond acceptors (Lipinski definition) is 5. The lowest BCUT2D eigenvalue weighted by Crippen LogP contribution is -2.17. The molecule has 0 aromatic heterocycles. The van der Waals surface area contributed by atoms with Crippen LogP contribution in [0.1, 0.15) is 28.4 Å². The fourth-order valence-corrected chi connectivity index (χ4v) is 2.99. The summed E-state index contributed by atoms with van der Waals surface area (Å²) in [4.78, 5) is 12.5. The summed E-state index contributed by atoms with van der Waals surface area (Å²) in [7, 11) is 1.55. The third-order valence-corrected chi connectivity index (χ3v) is 4.72. The number of nitrogens with one attached hydrogen (secondary N) is 1. The Morgan fingerprint density at radius 2 is 1.77 bits per heavy atom. The fourth-order valence-electron chi connectivity index (χ4n) is 2.80. The molecule has 0 unspecified atom stereocenters. The van der Waals surface area contributed by atoms with Crippen LogP contribution in [0.25, 0.3) is 0 Å². The van der Waals surface area contributed by atoms with Crippen LogP contribution in [0.4, 0.5) is 0 Å². The normalized spacial score (nSPS) is 10.7. The predicted octanol–water partition coefficient (Wildman–Crippen LogP) is 5.09. The topological polar surface area (TPSA) is 69.2 Å². The second-order valence-corrected chi connectivity index (χ2v) is 6.82. The second kappa shape index (κ2) is 11.0. The number of carbonyl (C=O) groups excluding carboxylic acids is 1. The molecule has 0 bridgehead atoms. The summed E-state index contributed by atoms with van der Waals surface area (Å²) in [6.07, 6.45) is 1.53. The summed E-state index contributed by atoms with van der Waals surface area (Å²) in [6.45, 7) is 2.65. The Kier molecular flexibility index (Phi) is 7.90. The summed E-state index contributed by atoms with van der Waals surface area (Å²) in [5, 5.41) is 4.71. The molecule has 0 radical (unpaired) electrons. The molecule has 1 N–H and O–H groups in total. The van der Waals surface area contributed by atoms with Crippen molar-refractivity contribution >= 4 is 23.7 Å². The van der Waals surface area contributed by atoms with Gasteiger partial charge in [-0.15, -0.1) is 0 Å². The first-order valence-corrected chi connectivity index (χ1v) is 10.1. The molecular weight excluding hydrogens is 416 g/mol. The number of halogens is 1. The zero-order chi connectivity index (χ0) is 22.1. The van der Waals surface area contributed by atoms with Crippen molar-refractivity contribution in [3.8, 4) is 17.2 Å². The predicted molar refractivity (Wildman–Crippen MR) is 121 cm³/mol. The SMILES string of the molecule is CCOc1cc(C(=O)N/N=C/c2ccccc2OCc2ccccc2Cl)ccc1OC. The van der Waals surface area contributed by atoms with E-state index in [1.807, 2.05) is 55.5 Å². The molecule has 0 fully saturated rings. The van der Waals surface area contributed by atoms with Gasteiger partial charge in [-0.05, 0) is 43.3 Å². The van der Waals surface area contributed by atoms with Gasteiger partial charge < -0.3 is 14.2 Å². The van der Waals surface area contributed by atoms with Crippen LogP contribution in [-0.2, 0) is 6.61 Å². The third-order valence-electron chi connectivity index (χ3n) is 4.36. The van der Waals surface area contributed by atoms with Crippen molar-refractivity contribution in [1.29, 1.82) is 0 Å². The molecule has 31 heavy (non-hydrogen) atoms. The maximum Gasteiger partial charge on any atom is 0.271 e. The second-order valence-electron chi connectivity index (χ2n) is 6.42. The van der Waals surface area contributed by atoms with Crippen LogP contribution in [0.5, 0.6) is 17.2 Å². The Morgan fingerprint density at radius 3 is 2.55 bits per heavy atom. The third kappa shape index (κ3) is 5.99. The van der Waals surface area contributed by atoms with E-state index in [9.17, 15) is 4.79 Å². The number of methoxy groups -OCH3 is 1. The molecule has 6 nitrogen and oxygen atoms in total. The molecule has 7 heteroatoms. The zero-order valence-corrected chi connectivity index (χ0v) is 18.1. The van der Waals surface area contributed by atoms with Gasteiger partial charge in [-0.2, -0.15) is 5.10 Å². The number of hydrogen-bond donors (Lipinski definition) is 1. The molecule has 1 amide bonds. The van der Waals surface area contributed by atoms with Crippen LogP contribution < -0.4 is 19.6 Å². The minimum absolute atomic E-state index is 0.322. The van der Waals surface area contributed by atoms with Gasteiger partial charge in [0.15, 0.2) is 11.5 Å². The van der Waals surface area contributed by atoms with Crippen LogP contribution >= 0.6 is 11.6 Å². The molecule has 0 aliphatic carbocycles. The van der Waals surface area contributed by atoms with Gasteiger partial charge in [-0.1, -0.05) is 41.9 Å². The van der Waals surface area contributed by atoms with Crippen molar-refractivity contribution in [1.82, 2.24) is 5.43 Å². The molecule has 3 aromatic rings. The van der Waals surface area contributed by atoms with Crippen molar-refractivity contribution in [2.75, 3.05) is 13.7 Å². The Balaban J connectivity index is 1.66. The maximum atomic E-state index is 12.5. The standard InChI is InChI=1S/C24H23ClN2O4/c1-3-30-23-14-17(12-13-22(23)29-2)24(28)27-26-15-18-8-5-7-11-21(18)31-16-19-9-4-6-10-20(19)25/h4-15H,3,16H2,1-2H3,(H,27,28)/b26-15+. The van der Waals surface area contributed by atoms with Gasteiger partial charge in [0.05, 0.1) is 19.9 Å². The Bertz CT molecular complexity index is 1070. The molecule has 0 saturated heterocycles.